The summed E-state index contributed by atoms with van der Waals surface area (Å²) in [5, 5.41) is 3.04. The van der Waals surface area contributed by atoms with Crippen LogP contribution in [-0.2, 0) is 6.54 Å². The number of hydrogen-bond acceptors (Lipinski definition) is 4. The second-order valence-corrected chi connectivity index (χ2v) is 5.52. The van der Waals surface area contributed by atoms with Crippen LogP contribution in [-0.4, -0.2) is 30.2 Å². The van der Waals surface area contributed by atoms with Crippen molar-refractivity contribution in [2.45, 2.75) is 26.4 Å². The number of aromatic nitrogens is 1. The maximum atomic E-state index is 5.76. The molecule has 0 aliphatic heterocycles. The van der Waals surface area contributed by atoms with Gasteiger partial charge in [0.15, 0.2) is 5.96 Å². The largest absolute Gasteiger partial charge is 0.490 e. The second-order valence-electron chi connectivity index (χ2n) is 5.52. The molecule has 0 spiro atoms. The van der Waals surface area contributed by atoms with Crippen LogP contribution in [0.3, 0.4) is 0 Å². The standard InChI is InChI=1S/C18H24N4O2.HI/c1-14(2)22-18(19)21-13-15-8-9-17(20-12-15)24-11-10-23-16-6-4-3-5-7-16;/h3-9,12,14H,10-11,13H2,1-2H3,(H3,19,21,22);1H. The van der Waals surface area contributed by atoms with E-state index in [0.29, 0.717) is 31.6 Å². The van der Waals surface area contributed by atoms with Crippen LogP contribution in [0.15, 0.2) is 53.7 Å². The summed E-state index contributed by atoms with van der Waals surface area (Å²) in [7, 11) is 0. The summed E-state index contributed by atoms with van der Waals surface area (Å²) in [4.78, 5) is 8.51. The van der Waals surface area contributed by atoms with Crippen molar-refractivity contribution in [3.8, 4) is 11.6 Å². The number of nitrogens with zero attached hydrogens (tertiary/aromatic N) is 2. The third kappa shape index (κ3) is 8.57. The third-order valence-electron chi connectivity index (χ3n) is 3.01. The molecule has 3 N–H and O–H groups in total. The van der Waals surface area contributed by atoms with E-state index in [1.807, 2.05) is 56.3 Å². The summed E-state index contributed by atoms with van der Waals surface area (Å²) in [6, 6.07) is 13.6. The van der Waals surface area contributed by atoms with Crippen LogP contribution in [0.2, 0.25) is 0 Å². The number of pyridine rings is 1. The predicted molar refractivity (Wildman–Crippen MR) is 111 cm³/mol. The molecule has 0 aliphatic carbocycles. The highest BCUT2D eigenvalue weighted by molar-refractivity contribution is 14.0. The Morgan fingerprint density at radius 2 is 1.84 bits per heavy atom. The monoisotopic (exact) mass is 456 g/mol. The van der Waals surface area contributed by atoms with Crippen LogP contribution in [0.4, 0.5) is 0 Å². The lowest BCUT2D eigenvalue weighted by Crippen LogP contribution is -2.36. The molecule has 25 heavy (non-hydrogen) atoms. The van der Waals surface area contributed by atoms with E-state index in [0.717, 1.165) is 11.3 Å². The van der Waals surface area contributed by atoms with Gasteiger partial charge in [0, 0.05) is 18.3 Å². The molecule has 0 saturated heterocycles. The van der Waals surface area contributed by atoms with Gasteiger partial charge in [-0.25, -0.2) is 9.98 Å². The lowest BCUT2D eigenvalue weighted by Gasteiger charge is -2.09. The molecule has 0 radical (unpaired) electrons. The fraction of sp³-hybridized carbons (Fsp3) is 0.333. The molecule has 7 heteroatoms. The van der Waals surface area contributed by atoms with Gasteiger partial charge in [-0.05, 0) is 31.5 Å². The number of aliphatic imine (C=N–C) groups is 1. The SMILES string of the molecule is CC(C)NC(N)=NCc1ccc(OCCOc2ccccc2)nc1.I. The first kappa shape index (κ1) is 21.0. The first-order chi connectivity index (χ1) is 11.6. The Morgan fingerprint density at radius 3 is 2.48 bits per heavy atom. The van der Waals surface area contributed by atoms with Gasteiger partial charge in [-0.2, -0.15) is 0 Å². The molecule has 0 amide bonds. The summed E-state index contributed by atoms with van der Waals surface area (Å²) < 4.78 is 11.1. The Morgan fingerprint density at radius 1 is 1.12 bits per heavy atom. The summed E-state index contributed by atoms with van der Waals surface area (Å²) in [6.07, 6.45) is 1.74. The first-order valence-corrected chi connectivity index (χ1v) is 7.95. The van der Waals surface area contributed by atoms with E-state index in [2.05, 4.69) is 15.3 Å². The van der Waals surface area contributed by atoms with Crippen LogP contribution < -0.4 is 20.5 Å². The topological polar surface area (TPSA) is 81.8 Å². The maximum Gasteiger partial charge on any atom is 0.213 e. The highest BCUT2D eigenvalue weighted by Crippen LogP contribution is 2.10. The quantitative estimate of drug-likeness (QED) is 0.276. The lowest BCUT2D eigenvalue weighted by atomic mass is 10.3. The van der Waals surface area contributed by atoms with Crippen molar-refractivity contribution in [2.24, 2.45) is 10.7 Å². The van der Waals surface area contributed by atoms with Gasteiger partial charge in [0.05, 0.1) is 6.54 Å². The van der Waals surface area contributed by atoms with Crippen LogP contribution in [0.5, 0.6) is 11.6 Å². The van der Waals surface area contributed by atoms with E-state index in [9.17, 15) is 0 Å². The van der Waals surface area contributed by atoms with E-state index in [4.69, 9.17) is 15.2 Å². The zero-order valence-electron chi connectivity index (χ0n) is 14.5. The number of para-hydroxylation sites is 1. The van der Waals surface area contributed by atoms with Gasteiger partial charge >= 0.3 is 0 Å². The van der Waals surface area contributed by atoms with E-state index in [1.165, 1.54) is 0 Å². The maximum absolute atomic E-state index is 5.76. The fourth-order valence-corrected chi connectivity index (χ4v) is 1.93. The molecule has 1 heterocycles. The van der Waals surface area contributed by atoms with Gasteiger partial charge < -0.3 is 20.5 Å². The van der Waals surface area contributed by atoms with Crippen LogP contribution in [0, 0.1) is 0 Å². The molecule has 0 fully saturated rings. The smallest absolute Gasteiger partial charge is 0.213 e. The summed E-state index contributed by atoms with van der Waals surface area (Å²) in [5.74, 6) is 1.82. The van der Waals surface area contributed by atoms with Crippen molar-refractivity contribution < 1.29 is 9.47 Å². The van der Waals surface area contributed by atoms with Crippen molar-refractivity contribution in [3.05, 3.63) is 54.2 Å². The van der Waals surface area contributed by atoms with Crippen molar-refractivity contribution in [1.82, 2.24) is 10.3 Å². The van der Waals surface area contributed by atoms with Crippen molar-refractivity contribution in [3.63, 3.8) is 0 Å². The molecule has 1 aromatic heterocycles. The van der Waals surface area contributed by atoms with Crippen LogP contribution in [0.1, 0.15) is 19.4 Å². The molecule has 6 nitrogen and oxygen atoms in total. The van der Waals surface area contributed by atoms with Crippen molar-refractivity contribution >= 4 is 29.9 Å². The molecule has 136 valence electrons. The molecule has 1 aromatic carbocycles. The minimum Gasteiger partial charge on any atom is -0.490 e. The Kier molecular flexibility index (Phi) is 9.68. The molecule has 2 rings (SSSR count). The molecule has 0 aliphatic rings. The zero-order chi connectivity index (χ0) is 17.2. The average molecular weight is 456 g/mol. The van der Waals surface area contributed by atoms with Crippen molar-refractivity contribution in [1.29, 1.82) is 0 Å². The van der Waals surface area contributed by atoms with E-state index >= 15 is 0 Å². The minimum absolute atomic E-state index is 0. The molecule has 0 atom stereocenters. The third-order valence-corrected chi connectivity index (χ3v) is 3.01. The molecular weight excluding hydrogens is 431 g/mol. The van der Waals surface area contributed by atoms with E-state index < -0.39 is 0 Å². The molecule has 0 saturated carbocycles. The fourth-order valence-electron chi connectivity index (χ4n) is 1.93. The average Bonchev–Trinajstić information content (AvgIpc) is 2.58. The molecular formula is C18H25IN4O2. The van der Waals surface area contributed by atoms with Crippen LogP contribution in [0.25, 0.3) is 0 Å². The highest BCUT2D eigenvalue weighted by Gasteiger charge is 1.99. The highest BCUT2D eigenvalue weighted by atomic mass is 127. The van der Waals surface area contributed by atoms with Gasteiger partial charge in [0.25, 0.3) is 0 Å². The summed E-state index contributed by atoms with van der Waals surface area (Å²) in [6.45, 7) is 5.41. The lowest BCUT2D eigenvalue weighted by molar-refractivity contribution is 0.212. The molecule has 0 unspecified atom stereocenters. The normalized spacial score (nSPS) is 10.9. The van der Waals surface area contributed by atoms with Crippen molar-refractivity contribution in [2.75, 3.05) is 13.2 Å². The Labute approximate surface area is 165 Å². The number of rotatable bonds is 8. The van der Waals surface area contributed by atoms with E-state index in [1.54, 1.807) is 6.20 Å². The Hall–Kier alpha value is -2.03. The Bertz CT molecular complexity index is 633. The number of ether oxygens (including phenoxy) is 2. The zero-order valence-corrected chi connectivity index (χ0v) is 16.8. The Balaban J connectivity index is 0.00000312. The number of hydrogen-bond donors (Lipinski definition) is 2. The summed E-state index contributed by atoms with van der Waals surface area (Å²) >= 11 is 0. The number of benzene rings is 1. The van der Waals surface area contributed by atoms with E-state index in [-0.39, 0.29) is 30.0 Å². The number of nitrogens with two attached hydrogens (primary N) is 1. The summed E-state index contributed by atoms with van der Waals surface area (Å²) in [5.41, 5.74) is 6.73. The molecule has 2 aromatic rings. The number of guanidine groups is 1. The van der Waals surface area contributed by atoms with Gasteiger partial charge in [0.1, 0.15) is 19.0 Å². The van der Waals surface area contributed by atoms with Gasteiger partial charge in [0.2, 0.25) is 5.88 Å². The second kappa shape index (κ2) is 11.5. The first-order valence-electron chi connectivity index (χ1n) is 7.95. The number of nitrogens with one attached hydrogen (secondary N) is 1. The molecule has 0 bridgehead atoms. The van der Waals surface area contributed by atoms with Gasteiger partial charge in [-0.3, -0.25) is 0 Å². The van der Waals surface area contributed by atoms with Gasteiger partial charge in [-0.15, -0.1) is 24.0 Å². The number of halogens is 1. The minimum atomic E-state index is 0. The predicted octanol–water partition coefficient (Wildman–Crippen LogP) is 2.97. The van der Waals surface area contributed by atoms with Gasteiger partial charge in [-0.1, -0.05) is 24.3 Å². The van der Waals surface area contributed by atoms with Crippen LogP contribution >= 0.6 is 24.0 Å².